The fraction of sp³-hybridized carbons (Fsp3) is 0.935. The van der Waals surface area contributed by atoms with Crippen LogP contribution < -0.4 is 0 Å². The van der Waals surface area contributed by atoms with E-state index in [-0.39, 0.29) is 17.5 Å². The molecule has 2 heteroatoms. The van der Waals surface area contributed by atoms with Crippen molar-refractivity contribution in [2.45, 2.75) is 216 Å². The molecule has 2 nitrogen and oxygen atoms in total. The largest absolute Gasteiger partial charge is 0.462 e. The Kier molecular flexibility index (Phi) is 12.4. The predicted octanol–water partition coefficient (Wildman–Crippen LogP) is 14.1. The molecule has 4 saturated carbocycles. The second-order valence-electron chi connectivity index (χ2n) is 20.1. The Labute approximate surface area is 299 Å². The molecule has 0 N–H and O–H groups in total. The molecule has 0 aliphatic heterocycles. The van der Waals surface area contributed by atoms with Crippen molar-refractivity contribution in [2.75, 3.05) is 0 Å². The summed E-state index contributed by atoms with van der Waals surface area (Å²) in [4.78, 5) is 13.2. The summed E-state index contributed by atoms with van der Waals surface area (Å²) in [5, 5.41) is 0. The molecule has 5 rings (SSSR count). The molecule has 0 aromatic rings. The molecule has 5 aliphatic rings. The standard InChI is InChI=1S/C46H80O2/c1-10-11-12-13-14-15-16-17-18-19-20-21-22-23-40(47)48-39-28-30-44(7)37(42(39,4)5)27-31-46(9)38(44)25-24-36-41-35(3)34(2)26-29-43(41,6)32-33-45(36,46)8/h24,34-35,37-39,41H,10-23,25-33H2,1-9H3/t34-,35+,37?,38+,39+,41-,43-,44-,45-,46-/m1/s1. The lowest BCUT2D eigenvalue weighted by molar-refractivity contribution is -0.213. The zero-order valence-corrected chi connectivity index (χ0v) is 33.6. The zero-order valence-electron chi connectivity index (χ0n) is 33.6. The maximum Gasteiger partial charge on any atom is 0.306 e. The maximum absolute atomic E-state index is 13.2. The Bertz CT molecular complexity index is 1100. The average molecular weight is 665 g/mol. The quantitative estimate of drug-likeness (QED) is 0.0989. The number of carbonyl (C=O) groups is 1. The van der Waals surface area contributed by atoms with Gasteiger partial charge in [-0.25, -0.2) is 0 Å². The fourth-order valence-electron chi connectivity index (χ4n) is 13.5. The van der Waals surface area contributed by atoms with Crippen molar-refractivity contribution >= 4 is 5.97 Å². The summed E-state index contributed by atoms with van der Waals surface area (Å²) in [6.07, 6.45) is 32.7. The first-order valence-electron chi connectivity index (χ1n) is 21.6. The lowest BCUT2D eigenvalue weighted by Crippen LogP contribution is -2.65. The average Bonchev–Trinajstić information content (AvgIpc) is 3.03. The van der Waals surface area contributed by atoms with E-state index in [0.717, 1.165) is 36.5 Å². The molecule has 0 saturated heterocycles. The number of rotatable bonds is 15. The number of hydrogen-bond donors (Lipinski definition) is 0. The predicted molar refractivity (Wildman–Crippen MR) is 205 cm³/mol. The number of fused-ring (bicyclic) bond motifs is 7. The molecular weight excluding hydrogens is 585 g/mol. The van der Waals surface area contributed by atoms with Crippen LogP contribution in [0.4, 0.5) is 0 Å². The van der Waals surface area contributed by atoms with Crippen LogP contribution in [0.25, 0.3) is 0 Å². The first-order chi connectivity index (χ1) is 22.7. The maximum atomic E-state index is 13.2. The summed E-state index contributed by atoms with van der Waals surface area (Å²) in [6, 6.07) is 0. The molecule has 0 aromatic heterocycles. The minimum absolute atomic E-state index is 0.0311. The summed E-state index contributed by atoms with van der Waals surface area (Å²) in [6.45, 7) is 23.1. The second-order valence-corrected chi connectivity index (χ2v) is 20.1. The summed E-state index contributed by atoms with van der Waals surface area (Å²) in [5.41, 5.74) is 3.40. The SMILES string of the molecule is CCCCCCCCCCCCCCCC(=O)O[C@H]1CC[C@]2(C)C(CC[C@]3(C)[C@H]2CC=C2[C@H]4[C@@H](C)[C@H](C)CC[C@]4(C)CC[C@]23C)C1(C)C. The van der Waals surface area contributed by atoms with E-state index in [9.17, 15) is 4.79 Å². The van der Waals surface area contributed by atoms with E-state index in [1.807, 2.05) is 5.57 Å². The Morgan fingerprint density at radius 1 is 0.708 bits per heavy atom. The Morgan fingerprint density at radius 3 is 1.94 bits per heavy atom. The number of allylic oxidation sites excluding steroid dienone is 2. The van der Waals surface area contributed by atoms with Crippen LogP contribution in [0.5, 0.6) is 0 Å². The molecule has 1 unspecified atom stereocenters. The lowest BCUT2D eigenvalue weighted by Gasteiger charge is -2.71. The molecule has 5 aliphatic carbocycles. The van der Waals surface area contributed by atoms with Crippen molar-refractivity contribution in [3.05, 3.63) is 11.6 Å². The van der Waals surface area contributed by atoms with Crippen molar-refractivity contribution in [2.24, 2.45) is 56.7 Å². The van der Waals surface area contributed by atoms with Gasteiger partial charge in [-0.2, -0.15) is 0 Å². The Balaban J connectivity index is 1.12. The van der Waals surface area contributed by atoms with Gasteiger partial charge in [-0.05, 0) is 115 Å². The van der Waals surface area contributed by atoms with E-state index in [1.54, 1.807) is 0 Å². The van der Waals surface area contributed by atoms with Crippen molar-refractivity contribution in [3.63, 3.8) is 0 Å². The van der Waals surface area contributed by atoms with Crippen LogP contribution in [-0.2, 0) is 9.53 Å². The third kappa shape index (κ3) is 7.14. The van der Waals surface area contributed by atoms with Crippen molar-refractivity contribution in [3.8, 4) is 0 Å². The summed E-state index contributed by atoms with van der Waals surface area (Å²) >= 11 is 0. The van der Waals surface area contributed by atoms with Gasteiger partial charge in [0.2, 0.25) is 0 Å². The number of esters is 1. The third-order valence-corrected chi connectivity index (χ3v) is 17.1. The summed E-state index contributed by atoms with van der Waals surface area (Å²) in [7, 11) is 0. The molecular formula is C46H80O2. The Hall–Kier alpha value is -0.790. The van der Waals surface area contributed by atoms with Crippen LogP contribution in [0.15, 0.2) is 11.6 Å². The van der Waals surface area contributed by atoms with Crippen LogP contribution in [0, 0.1) is 56.7 Å². The van der Waals surface area contributed by atoms with E-state index in [4.69, 9.17) is 4.74 Å². The molecule has 10 atom stereocenters. The van der Waals surface area contributed by atoms with E-state index < -0.39 is 0 Å². The Morgan fingerprint density at radius 2 is 1.31 bits per heavy atom. The highest BCUT2D eigenvalue weighted by Gasteiger charge is 2.68. The molecule has 4 fully saturated rings. The van der Waals surface area contributed by atoms with Gasteiger partial charge in [-0.1, -0.05) is 151 Å². The smallest absolute Gasteiger partial charge is 0.306 e. The van der Waals surface area contributed by atoms with Gasteiger partial charge >= 0.3 is 5.97 Å². The molecule has 0 heterocycles. The first kappa shape index (κ1) is 38.4. The van der Waals surface area contributed by atoms with Crippen LogP contribution in [0.3, 0.4) is 0 Å². The van der Waals surface area contributed by atoms with Crippen LogP contribution in [0.1, 0.15) is 210 Å². The van der Waals surface area contributed by atoms with Gasteiger partial charge in [0.1, 0.15) is 6.10 Å². The lowest BCUT2D eigenvalue weighted by atomic mass is 9.33. The van der Waals surface area contributed by atoms with Gasteiger partial charge in [0.05, 0.1) is 0 Å². The van der Waals surface area contributed by atoms with Crippen LogP contribution in [-0.4, -0.2) is 12.1 Å². The van der Waals surface area contributed by atoms with Crippen molar-refractivity contribution in [1.82, 2.24) is 0 Å². The zero-order chi connectivity index (χ0) is 34.8. The fourth-order valence-corrected chi connectivity index (χ4v) is 13.5. The van der Waals surface area contributed by atoms with Crippen LogP contribution in [0.2, 0.25) is 0 Å². The molecule has 276 valence electrons. The first-order valence-corrected chi connectivity index (χ1v) is 21.6. The molecule has 0 radical (unpaired) electrons. The highest BCUT2D eigenvalue weighted by Crippen LogP contribution is 2.75. The van der Waals surface area contributed by atoms with E-state index in [1.165, 1.54) is 128 Å². The van der Waals surface area contributed by atoms with Gasteiger partial charge in [0.15, 0.2) is 0 Å². The number of hydrogen-bond acceptors (Lipinski definition) is 2. The molecule has 48 heavy (non-hydrogen) atoms. The number of unbranched alkanes of at least 4 members (excludes halogenated alkanes) is 12. The molecule has 0 bridgehead atoms. The van der Waals surface area contributed by atoms with Gasteiger partial charge in [0, 0.05) is 11.8 Å². The highest BCUT2D eigenvalue weighted by molar-refractivity contribution is 5.69. The molecule has 0 spiro atoms. The highest BCUT2D eigenvalue weighted by atomic mass is 16.5. The minimum Gasteiger partial charge on any atom is -0.462 e. The third-order valence-electron chi connectivity index (χ3n) is 17.1. The topological polar surface area (TPSA) is 26.3 Å². The van der Waals surface area contributed by atoms with Crippen molar-refractivity contribution in [1.29, 1.82) is 0 Å². The minimum atomic E-state index is 0.0311. The van der Waals surface area contributed by atoms with E-state index in [0.29, 0.717) is 34.0 Å². The number of ether oxygens (including phenoxy) is 1. The van der Waals surface area contributed by atoms with Gasteiger partial charge < -0.3 is 4.74 Å². The van der Waals surface area contributed by atoms with E-state index >= 15 is 0 Å². The van der Waals surface area contributed by atoms with Gasteiger partial charge in [-0.15, -0.1) is 0 Å². The van der Waals surface area contributed by atoms with Gasteiger partial charge in [-0.3, -0.25) is 4.79 Å². The summed E-state index contributed by atoms with van der Waals surface area (Å²) < 4.78 is 6.42. The van der Waals surface area contributed by atoms with Crippen LogP contribution >= 0.6 is 0 Å². The number of carbonyl (C=O) groups excluding carboxylic acids is 1. The van der Waals surface area contributed by atoms with E-state index in [2.05, 4.69) is 68.4 Å². The molecule has 0 aromatic carbocycles. The molecule has 0 amide bonds. The summed E-state index contributed by atoms with van der Waals surface area (Å²) in [5.74, 6) is 3.81. The van der Waals surface area contributed by atoms with Crippen molar-refractivity contribution < 1.29 is 9.53 Å². The second kappa shape index (κ2) is 15.4. The normalized spacial score (nSPS) is 41.7. The van der Waals surface area contributed by atoms with Gasteiger partial charge in [0.25, 0.3) is 0 Å². The monoisotopic (exact) mass is 665 g/mol.